The summed E-state index contributed by atoms with van der Waals surface area (Å²) in [6.07, 6.45) is 0.786. The number of anilines is 1. The lowest BCUT2D eigenvalue weighted by Gasteiger charge is -2.23. The van der Waals surface area contributed by atoms with Gasteiger partial charge in [-0.2, -0.15) is 0 Å². The second-order valence-corrected chi connectivity index (χ2v) is 6.66. The zero-order valence-corrected chi connectivity index (χ0v) is 12.5. The van der Waals surface area contributed by atoms with E-state index in [1.807, 2.05) is 13.8 Å². The number of nitrogens with zero attached hydrogens (tertiary/aromatic N) is 1. The summed E-state index contributed by atoms with van der Waals surface area (Å²) in [6, 6.07) is 6.88. The van der Waals surface area contributed by atoms with Gasteiger partial charge in [-0.05, 0) is 37.6 Å². The number of hydrogen-bond acceptors (Lipinski definition) is 4. The molecule has 0 saturated carbocycles. The molecule has 0 spiro atoms. The molecule has 1 aromatic rings. The molecule has 5 nitrogen and oxygen atoms in total. The predicted molar refractivity (Wildman–Crippen MR) is 77.7 cm³/mol. The summed E-state index contributed by atoms with van der Waals surface area (Å²) in [5.41, 5.74) is 6.20. The number of rotatable bonds is 7. The van der Waals surface area contributed by atoms with Crippen LogP contribution in [0.5, 0.6) is 5.75 Å². The lowest BCUT2D eigenvalue weighted by atomic mass is 10.3. The first kappa shape index (κ1) is 15.8. The molecule has 2 N–H and O–H groups in total. The third kappa shape index (κ3) is 4.72. The second-order valence-electron chi connectivity index (χ2n) is 4.51. The largest absolute Gasteiger partial charge is 0.492 e. The van der Waals surface area contributed by atoms with E-state index in [2.05, 4.69) is 0 Å². The van der Waals surface area contributed by atoms with Crippen LogP contribution in [0.1, 0.15) is 20.3 Å². The summed E-state index contributed by atoms with van der Waals surface area (Å²) < 4.78 is 30.8. The van der Waals surface area contributed by atoms with Crippen LogP contribution in [-0.2, 0) is 10.0 Å². The highest BCUT2D eigenvalue weighted by molar-refractivity contribution is 7.89. The van der Waals surface area contributed by atoms with Gasteiger partial charge in [0.2, 0.25) is 10.0 Å². The van der Waals surface area contributed by atoms with E-state index in [1.165, 1.54) is 4.31 Å². The number of ether oxygens (including phenoxy) is 1. The minimum atomic E-state index is -3.27. The molecule has 1 rings (SSSR count). The Hall–Kier alpha value is -1.27. The quantitative estimate of drug-likeness (QED) is 0.774. The fourth-order valence-electron chi connectivity index (χ4n) is 1.50. The maximum atomic E-state index is 12.0. The van der Waals surface area contributed by atoms with Crippen LogP contribution < -0.4 is 10.5 Å². The average molecular weight is 286 g/mol. The summed E-state index contributed by atoms with van der Waals surface area (Å²) in [5.74, 6) is 0.591. The fraction of sp³-hybridized carbons (Fsp3) is 0.538. The zero-order chi connectivity index (χ0) is 14.5. The number of hydrogen-bond donors (Lipinski definition) is 1. The van der Waals surface area contributed by atoms with E-state index in [0.717, 1.165) is 6.42 Å². The molecule has 108 valence electrons. The van der Waals surface area contributed by atoms with E-state index >= 15 is 0 Å². The molecule has 1 atom stereocenters. The van der Waals surface area contributed by atoms with Gasteiger partial charge in [-0.1, -0.05) is 6.92 Å². The molecule has 0 fully saturated rings. The summed E-state index contributed by atoms with van der Waals surface area (Å²) >= 11 is 0. The highest BCUT2D eigenvalue weighted by Crippen LogP contribution is 2.13. The van der Waals surface area contributed by atoms with Gasteiger partial charge in [0.25, 0.3) is 0 Å². The van der Waals surface area contributed by atoms with Crippen molar-refractivity contribution >= 4 is 15.7 Å². The van der Waals surface area contributed by atoms with Gasteiger partial charge >= 0.3 is 0 Å². The van der Waals surface area contributed by atoms with Gasteiger partial charge in [0.1, 0.15) is 12.4 Å². The van der Waals surface area contributed by atoms with Crippen LogP contribution in [0.2, 0.25) is 0 Å². The highest BCUT2D eigenvalue weighted by Gasteiger charge is 2.21. The molecule has 0 heterocycles. The van der Waals surface area contributed by atoms with Crippen molar-refractivity contribution in [2.45, 2.75) is 26.3 Å². The lowest BCUT2D eigenvalue weighted by molar-refractivity contribution is 0.330. The van der Waals surface area contributed by atoms with Gasteiger partial charge in [0.05, 0.1) is 5.75 Å². The number of benzene rings is 1. The van der Waals surface area contributed by atoms with Crippen molar-refractivity contribution in [1.82, 2.24) is 4.31 Å². The van der Waals surface area contributed by atoms with Gasteiger partial charge in [-0.3, -0.25) is 0 Å². The molecule has 0 bridgehead atoms. The molecule has 1 aromatic carbocycles. The van der Waals surface area contributed by atoms with E-state index in [1.54, 1.807) is 31.3 Å². The molecule has 0 aliphatic rings. The standard InChI is InChI=1S/C13H22N2O3S/c1-4-11(2)15(3)19(16,17)10-9-18-13-7-5-12(14)6-8-13/h5-8,11H,4,9-10,14H2,1-3H3. The fourth-order valence-corrected chi connectivity index (χ4v) is 2.78. The van der Waals surface area contributed by atoms with Gasteiger partial charge in [-0.15, -0.1) is 0 Å². The van der Waals surface area contributed by atoms with Gasteiger partial charge in [0.15, 0.2) is 0 Å². The van der Waals surface area contributed by atoms with Crippen LogP contribution in [-0.4, -0.2) is 38.2 Å². The molecular weight excluding hydrogens is 264 g/mol. The van der Waals surface area contributed by atoms with Crippen molar-refractivity contribution in [1.29, 1.82) is 0 Å². The van der Waals surface area contributed by atoms with E-state index in [-0.39, 0.29) is 18.4 Å². The number of nitrogens with two attached hydrogens (primary N) is 1. The van der Waals surface area contributed by atoms with Gasteiger partial charge in [-0.25, -0.2) is 12.7 Å². The molecule has 0 amide bonds. The van der Waals surface area contributed by atoms with Crippen LogP contribution >= 0.6 is 0 Å². The third-order valence-corrected chi connectivity index (χ3v) is 5.06. The van der Waals surface area contributed by atoms with Crippen LogP contribution in [0, 0.1) is 0 Å². The van der Waals surface area contributed by atoms with E-state index in [0.29, 0.717) is 11.4 Å². The maximum absolute atomic E-state index is 12.0. The lowest BCUT2D eigenvalue weighted by Crippen LogP contribution is -2.37. The Labute approximate surface area is 115 Å². The van der Waals surface area contributed by atoms with Crippen LogP contribution in [0.4, 0.5) is 5.69 Å². The normalized spacial score (nSPS) is 13.5. The monoisotopic (exact) mass is 286 g/mol. The van der Waals surface area contributed by atoms with E-state index in [4.69, 9.17) is 10.5 Å². The molecule has 6 heteroatoms. The van der Waals surface area contributed by atoms with Crippen LogP contribution in [0.25, 0.3) is 0 Å². The first-order valence-electron chi connectivity index (χ1n) is 6.31. The number of nitrogen functional groups attached to an aromatic ring is 1. The summed E-state index contributed by atoms with van der Waals surface area (Å²) in [4.78, 5) is 0. The minimum absolute atomic E-state index is 0.00141. The SMILES string of the molecule is CCC(C)N(C)S(=O)(=O)CCOc1ccc(N)cc1. The highest BCUT2D eigenvalue weighted by atomic mass is 32.2. The Balaban J connectivity index is 2.50. The molecule has 0 saturated heterocycles. The van der Waals surface area contributed by atoms with Crippen molar-refractivity contribution in [2.24, 2.45) is 0 Å². The Morgan fingerprint density at radius 3 is 2.42 bits per heavy atom. The molecular formula is C13H22N2O3S. The van der Waals surface area contributed by atoms with E-state index in [9.17, 15) is 8.42 Å². The van der Waals surface area contributed by atoms with Gasteiger partial charge in [0, 0.05) is 18.8 Å². The Morgan fingerprint density at radius 1 is 1.32 bits per heavy atom. The minimum Gasteiger partial charge on any atom is -0.492 e. The van der Waals surface area contributed by atoms with Crippen molar-refractivity contribution in [3.8, 4) is 5.75 Å². The predicted octanol–water partition coefficient (Wildman–Crippen LogP) is 1.71. The molecule has 0 aromatic heterocycles. The van der Waals surface area contributed by atoms with Crippen LogP contribution in [0.15, 0.2) is 24.3 Å². The first-order chi connectivity index (χ1) is 8.86. The molecule has 0 aliphatic heterocycles. The molecule has 19 heavy (non-hydrogen) atoms. The topological polar surface area (TPSA) is 72.6 Å². The second kappa shape index (κ2) is 6.77. The zero-order valence-electron chi connectivity index (χ0n) is 11.7. The Bertz CT molecular complexity index is 485. The van der Waals surface area contributed by atoms with E-state index < -0.39 is 10.0 Å². The maximum Gasteiger partial charge on any atom is 0.217 e. The summed E-state index contributed by atoms with van der Waals surface area (Å²) in [7, 11) is -1.66. The van der Waals surface area contributed by atoms with Crippen molar-refractivity contribution in [2.75, 3.05) is 25.1 Å². The Kier molecular flexibility index (Phi) is 5.62. The van der Waals surface area contributed by atoms with Crippen LogP contribution in [0.3, 0.4) is 0 Å². The summed E-state index contributed by atoms with van der Waals surface area (Å²) in [5, 5.41) is 0. The van der Waals surface area contributed by atoms with Crippen molar-refractivity contribution < 1.29 is 13.2 Å². The third-order valence-electron chi connectivity index (χ3n) is 3.14. The summed E-state index contributed by atoms with van der Waals surface area (Å²) in [6.45, 7) is 3.98. The molecule has 0 radical (unpaired) electrons. The first-order valence-corrected chi connectivity index (χ1v) is 7.91. The Morgan fingerprint density at radius 2 is 1.89 bits per heavy atom. The van der Waals surface area contributed by atoms with Crippen molar-refractivity contribution in [3.05, 3.63) is 24.3 Å². The average Bonchev–Trinajstić information content (AvgIpc) is 2.39. The molecule has 0 aliphatic carbocycles. The van der Waals surface area contributed by atoms with Crippen molar-refractivity contribution in [3.63, 3.8) is 0 Å². The van der Waals surface area contributed by atoms with Gasteiger partial charge < -0.3 is 10.5 Å². The number of sulfonamides is 1. The molecule has 1 unspecified atom stereocenters. The smallest absolute Gasteiger partial charge is 0.217 e.